The number of para-hydroxylation sites is 1. The van der Waals surface area contributed by atoms with E-state index in [0.29, 0.717) is 22.9 Å². The van der Waals surface area contributed by atoms with Gasteiger partial charge in [-0.1, -0.05) is 18.2 Å². The standard InChI is InChI=1S/C23H22N2O6/c1-15(21(26)25-19-14-17(28-2)11-12-20(19)29-3)30-23(27)18-10-7-13-24-22(18)31-16-8-5-4-6-9-16/h4-15H,1-3H3,(H,25,26)/t15-/m1/s1. The van der Waals surface area contributed by atoms with Crippen LogP contribution in [0.2, 0.25) is 0 Å². The van der Waals surface area contributed by atoms with Crippen LogP contribution < -0.4 is 19.5 Å². The number of pyridine rings is 1. The maximum Gasteiger partial charge on any atom is 0.344 e. The Morgan fingerprint density at radius 2 is 1.71 bits per heavy atom. The number of nitrogens with zero attached hydrogens (tertiary/aromatic N) is 1. The van der Waals surface area contributed by atoms with Crippen molar-refractivity contribution in [3.8, 4) is 23.1 Å². The number of anilines is 1. The summed E-state index contributed by atoms with van der Waals surface area (Å²) in [7, 11) is 3.00. The van der Waals surface area contributed by atoms with Crippen molar-refractivity contribution >= 4 is 17.6 Å². The average Bonchev–Trinajstić information content (AvgIpc) is 2.79. The first-order valence-corrected chi connectivity index (χ1v) is 9.43. The second-order valence-corrected chi connectivity index (χ2v) is 6.37. The maximum absolute atomic E-state index is 12.7. The predicted octanol–water partition coefficient (Wildman–Crippen LogP) is 4.08. The molecule has 160 valence electrons. The minimum absolute atomic E-state index is 0.0840. The van der Waals surface area contributed by atoms with Crippen LogP contribution in [0.4, 0.5) is 5.69 Å². The van der Waals surface area contributed by atoms with Gasteiger partial charge in [0.05, 0.1) is 19.9 Å². The van der Waals surface area contributed by atoms with E-state index in [-0.39, 0.29) is 11.4 Å². The van der Waals surface area contributed by atoms with Crippen LogP contribution >= 0.6 is 0 Å². The lowest BCUT2D eigenvalue weighted by atomic mass is 10.2. The number of hydrogen-bond donors (Lipinski definition) is 1. The summed E-state index contributed by atoms with van der Waals surface area (Å²) in [5.74, 6) is 0.317. The minimum atomic E-state index is -1.09. The number of amides is 1. The second-order valence-electron chi connectivity index (χ2n) is 6.37. The third-order valence-electron chi connectivity index (χ3n) is 4.27. The van der Waals surface area contributed by atoms with Crippen LogP contribution in [0.5, 0.6) is 23.1 Å². The summed E-state index contributed by atoms with van der Waals surface area (Å²) in [5, 5.41) is 2.68. The number of esters is 1. The maximum atomic E-state index is 12.7. The lowest BCUT2D eigenvalue weighted by molar-refractivity contribution is -0.123. The Morgan fingerprint density at radius 1 is 0.935 bits per heavy atom. The summed E-state index contributed by atoms with van der Waals surface area (Å²) in [4.78, 5) is 29.4. The first-order valence-electron chi connectivity index (χ1n) is 9.43. The highest BCUT2D eigenvalue weighted by atomic mass is 16.6. The molecule has 0 spiro atoms. The van der Waals surface area contributed by atoms with E-state index in [2.05, 4.69) is 10.3 Å². The Morgan fingerprint density at radius 3 is 2.42 bits per heavy atom. The smallest absolute Gasteiger partial charge is 0.344 e. The summed E-state index contributed by atoms with van der Waals surface area (Å²) in [6.07, 6.45) is 0.411. The Hall–Kier alpha value is -4.07. The van der Waals surface area contributed by atoms with Gasteiger partial charge in [0, 0.05) is 12.3 Å². The Bertz CT molecular complexity index is 1050. The molecule has 31 heavy (non-hydrogen) atoms. The van der Waals surface area contributed by atoms with Gasteiger partial charge in [-0.2, -0.15) is 0 Å². The van der Waals surface area contributed by atoms with Crippen molar-refractivity contribution in [2.75, 3.05) is 19.5 Å². The first-order chi connectivity index (χ1) is 15.0. The zero-order valence-corrected chi connectivity index (χ0v) is 17.3. The first kappa shape index (κ1) is 21.6. The fourth-order valence-corrected chi connectivity index (χ4v) is 2.65. The van der Waals surface area contributed by atoms with Crippen molar-refractivity contribution < 1.29 is 28.5 Å². The highest BCUT2D eigenvalue weighted by Gasteiger charge is 2.23. The van der Waals surface area contributed by atoms with Crippen LogP contribution in [0, 0.1) is 0 Å². The monoisotopic (exact) mass is 422 g/mol. The number of ether oxygens (including phenoxy) is 4. The molecule has 1 atom stereocenters. The van der Waals surface area contributed by atoms with Crippen molar-refractivity contribution in [1.29, 1.82) is 0 Å². The van der Waals surface area contributed by atoms with Crippen molar-refractivity contribution in [1.82, 2.24) is 4.98 Å². The molecule has 1 N–H and O–H groups in total. The molecule has 3 aromatic rings. The van der Waals surface area contributed by atoms with Crippen LogP contribution in [0.1, 0.15) is 17.3 Å². The zero-order chi connectivity index (χ0) is 22.2. The van der Waals surface area contributed by atoms with Gasteiger partial charge < -0.3 is 24.3 Å². The molecule has 0 aliphatic heterocycles. The van der Waals surface area contributed by atoms with Gasteiger partial charge in [0.25, 0.3) is 5.91 Å². The van der Waals surface area contributed by atoms with Crippen LogP contribution in [0.3, 0.4) is 0 Å². The number of hydrogen-bond acceptors (Lipinski definition) is 7. The van der Waals surface area contributed by atoms with E-state index in [0.717, 1.165) is 0 Å². The highest BCUT2D eigenvalue weighted by Crippen LogP contribution is 2.29. The molecule has 2 aromatic carbocycles. The number of methoxy groups -OCH3 is 2. The molecule has 0 bridgehead atoms. The van der Waals surface area contributed by atoms with Gasteiger partial charge in [-0.15, -0.1) is 0 Å². The van der Waals surface area contributed by atoms with E-state index in [1.165, 1.54) is 33.4 Å². The Balaban J connectivity index is 1.70. The molecule has 1 heterocycles. The quantitative estimate of drug-likeness (QED) is 0.547. The van der Waals surface area contributed by atoms with Gasteiger partial charge in [-0.05, 0) is 43.3 Å². The molecule has 8 nitrogen and oxygen atoms in total. The summed E-state index contributed by atoms with van der Waals surface area (Å²) in [6.45, 7) is 1.47. The van der Waals surface area contributed by atoms with Gasteiger partial charge in [-0.3, -0.25) is 4.79 Å². The molecule has 0 saturated carbocycles. The molecule has 0 fully saturated rings. The van der Waals surface area contributed by atoms with E-state index in [4.69, 9.17) is 18.9 Å². The number of carbonyl (C=O) groups is 2. The summed E-state index contributed by atoms with van der Waals surface area (Å²) in [6, 6.07) is 17.0. The van der Waals surface area contributed by atoms with Crippen LogP contribution in [-0.2, 0) is 9.53 Å². The van der Waals surface area contributed by atoms with Crippen molar-refractivity contribution in [3.05, 3.63) is 72.4 Å². The van der Waals surface area contributed by atoms with E-state index < -0.39 is 18.0 Å². The van der Waals surface area contributed by atoms with E-state index in [1.54, 1.807) is 48.5 Å². The van der Waals surface area contributed by atoms with Crippen LogP contribution in [-0.4, -0.2) is 37.2 Å². The largest absolute Gasteiger partial charge is 0.497 e. The van der Waals surface area contributed by atoms with Crippen LogP contribution in [0.25, 0.3) is 0 Å². The zero-order valence-electron chi connectivity index (χ0n) is 17.3. The predicted molar refractivity (Wildman–Crippen MR) is 114 cm³/mol. The summed E-state index contributed by atoms with van der Waals surface area (Å²) >= 11 is 0. The number of rotatable bonds is 8. The SMILES string of the molecule is COc1ccc(OC)c(NC(=O)[C@@H](C)OC(=O)c2cccnc2Oc2ccccc2)c1. The van der Waals surface area contributed by atoms with Gasteiger partial charge in [0.15, 0.2) is 6.10 Å². The molecule has 0 radical (unpaired) electrons. The Labute approximate surface area is 179 Å². The highest BCUT2D eigenvalue weighted by molar-refractivity contribution is 5.99. The molecule has 0 aliphatic carbocycles. The van der Waals surface area contributed by atoms with Crippen molar-refractivity contribution in [2.24, 2.45) is 0 Å². The van der Waals surface area contributed by atoms with Gasteiger partial charge in [0.1, 0.15) is 22.8 Å². The molecule has 1 amide bonds. The lowest BCUT2D eigenvalue weighted by Crippen LogP contribution is -2.30. The average molecular weight is 422 g/mol. The molecule has 1 aromatic heterocycles. The van der Waals surface area contributed by atoms with Crippen LogP contribution in [0.15, 0.2) is 66.9 Å². The van der Waals surface area contributed by atoms with Crippen molar-refractivity contribution in [3.63, 3.8) is 0 Å². The van der Waals surface area contributed by atoms with Gasteiger partial charge in [0.2, 0.25) is 5.88 Å². The third-order valence-corrected chi connectivity index (χ3v) is 4.27. The van der Waals surface area contributed by atoms with E-state index in [1.807, 2.05) is 6.07 Å². The minimum Gasteiger partial charge on any atom is -0.497 e. The molecule has 0 aliphatic rings. The number of benzene rings is 2. The molecule has 8 heteroatoms. The molecule has 0 unspecified atom stereocenters. The summed E-state index contributed by atoms with van der Waals surface area (Å²) in [5.41, 5.74) is 0.495. The Kier molecular flexibility index (Phi) is 7.05. The number of carbonyl (C=O) groups excluding carboxylic acids is 2. The lowest BCUT2D eigenvalue weighted by Gasteiger charge is -2.16. The summed E-state index contributed by atoms with van der Waals surface area (Å²) < 4.78 is 21.4. The molecular formula is C23H22N2O6. The van der Waals surface area contributed by atoms with E-state index in [9.17, 15) is 9.59 Å². The fraction of sp³-hybridized carbons (Fsp3) is 0.174. The van der Waals surface area contributed by atoms with E-state index >= 15 is 0 Å². The molecule has 3 rings (SSSR count). The van der Waals surface area contributed by atoms with Gasteiger partial charge in [-0.25, -0.2) is 9.78 Å². The second kappa shape index (κ2) is 10.1. The number of aromatic nitrogens is 1. The molecule has 0 saturated heterocycles. The third kappa shape index (κ3) is 5.51. The topological polar surface area (TPSA) is 96.0 Å². The number of nitrogens with one attached hydrogen (secondary N) is 1. The van der Waals surface area contributed by atoms with Gasteiger partial charge >= 0.3 is 5.97 Å². The molecular weight excluding hydrogens is 400 g/mol. The normalized spacial score (nSPS) is 11.2. The fourth-order valence-electron chi connectivity index (χ4n) is 2.65. The van der Waals surface area contributed by atoms with Crippen molar-refractivity contribution in [2.45, 2.75) is 13.0 Å².